The summed E-state index contributed by atoms with van der Waals surface area (Å²) < 4.78 is 36.7. The van der Waals surface area contributed by atoms with Gasteiger partial charge in [-0.05, 0) is 44.4 Å². The number of nitrogens with one attached hydrogen (secondary N) is 1. The summed E-state index contributed by atoms with van der Waals surface area (Å²) in [5, 5.41) is 3.45. The van der Waals surface area contributed by atoms with Crippen molar-refractivity contribution in [3.8, 4) is 0 Å². The lowest BCUT2D eigenvalue weighted by Gasteiger charge is -2.35. The first-order valence-electron chi connectivity index (χ1n) is 10.6. The molecule has 0 radical (unpaired) electrons. The second-order valence-corrected chi connectivity index (χ2v) is 10.2. The monoisotopic (exact) mass is 416 g/mol. The van der Waals surface area contributed by atoms with Crippen LogP contribution >= 0.6 is 0 Å². The largest absolute Gasteiger partial charge is 0.376 e. The summed E-state index contributed by atoms with van der Waals surface area (Å²) in [5.74, 6) is 1.25. The average Bonchev–Trinajstić information content (AvgIpc) is 3.18. The van der Waals surface area contributed by atoms with Gasteiger partial charge in [0.2, 0.25) is 10.0 Å². The molecule has 0 bridgehead atoms. The molecule has 3 heterocycles. The fourth-order valence-electron chi connectivity index (χ4n) is 4.25. The molecule has 3 fully saturated rings. The number of hydrogen-bond acceptors (Lipinski definition) is 5. The highest BCUT2D eigenvalue weighted by atomic mass is 32.2. The molecule has 3 saturated heterocycles. The molecular formula is C19H36N4O4S. The highest BCUT2D eigenvalue weighted by Gasteiger charge is 2.29. The van der Waals surface area contributed by atoms with E-state index in [0.717, 1.165) is 64.5 Å². The molecule has 162 valence electrons. The highest BCUT2D eigenvalue weighted by Crippen LogP contribution is 2.19. The number of piperidine rings is 1. The van der Waals surface area contributed by atoms with E-state index in [1.54, 1.807) is 4.31 Å². The van der Waals surface area contributed by atoms with Gasteiger partial charge in [0, 0.05) is 46.4 Å². The maximum atomic E-state index is 11.7. The molecule has 0 spiro atoms. The second-order valence-electron chi connectivity index (χ2n) is 8.21. The quantitative estimate of drug-likeness (QED) is 0.512. The highest BCUT2D eigenvalue weighted by molar-refractivity contribution is 7.88. The van der Waals surface area contributed by atoms with E-state index in [0.29, 0.717) is 25.1 Å². The summed E-state index contributed by atoms with van der Waals surface area (Å²) in [6.45, 7) is 5.42. The van der Waals surface area contributed by atoms with Gasteiger partial charge in [-0.3, -0.25) is 4.99 Å². The van der Waals surface area contributed by atoms with Crippen LogP contribution in [-0.4, -0.2) is 95.0 Å². The van der Waals surface area contributed by atoms with Crippen LogP contribution in [0.3, 0.4) is 0 Å². The summed E-state index contributed by atoms with van der Waals surface area (Å²) in [6.07, 6.45) is 8.30. The van der Waals surface area contributed by atoms with Crippen molar-refractivity contribution in [2.24, 2.45) is 10.9 Å². The molecule has 3 aliphatic heterocycles. The Labute approximate surface area is 169 Å². The smallest absolute Gasteiger partial charge is 0.211 e. The molecule has 0 aromatic carbocycles. The number of hydrogen-bond donors (Lipinski definition) is 1. The molecule has 9 heteroatoms. The maximum absolute atomic E-state index is 11.7. The molecule has 8 nitrogen and oxygen atoms in total. The number of nitrogens with zero attached hydrogens (tertiary/aromatic N) is 3. The Balaban J connectivity index is 1.35. The van der Waals surface area contributed by atoms with Crippen molar-refractivity contribution in [2.45, 2.75) is 50.7 Å². The first-order chi connectivity index (χ1) is 13.5. The molecule has 0 amide bonds. The Morgan fingerprint density at radius 1 is 1.18 bits per heavy atom. The molecule has 3 aliphatic rings. The molecule has 0 aliphatic carbocycles. The zero-order valence-corrected chi connectivity index (χ0v) is 18.1. The van der Waals surface area contributed by atoms with Crippen molar-refractivity contribution in [1.29, 1.82) is 0 Å². The molecule has 0 saturated carbocycles. The van der Waals surface area contributed by atoms with Crippen molar-refractivity contribution in [2.75, 3.05) is 59.2 Å². The van der Waals surface area contributed by atoms with Crippen LogP contribution in [0.1, 0.15) is 38.5 Å². The van der Waals surface area contributed by atoms with Crippen LogP contribution in [0.25, 0.3) is 0 Å². The molecule has 28 heavy (non-hydrogen) atoms. The van der Waals surface area contributed by atoms with Gasteiger partial charge in [-0.25, -0.2) is 12.7 Å². The number of guanidine groups is 1. The fourth-order valence-corrected chi connectivity index (χ4v) is 5.17. The number of ether oxygens (including phenoxy) is 2. The van der Waals surface area contributed by atoms with E-state index >= 15 is 0 Å². The summed E-state index contributed by atoms with van der Waals surface area (Å²) >= 11 is 0. The Morgan fingerprint density at radius 3 is 2.57 bits per heavy atom. The van der Waals surface area contributed by atoms with E-state index in [9.17, 15) is 8.42 Å². The first kappa shape index (κ1) is 21.8. The van der Waals surface area contributed by atoms with Gasteiger partial charge in [0.1, 0.15) is 0 Å². The summed E-state index contributed by atoms with van der Waals surface area (Å²) in [7, 11) is -1.27. The number of likely N-dealkylation sites (tertiary alicyclic amines) is 1. The third kappa shape index (κ3) is 6.30. The van der Waals surface area contributed by atoms with Gasteiger partial charge in [0.25, 0.3) is 0 Å². The zero-order chi connectivity index (χ0) is 20.0. The SMILES string of the molecule is CN=C(NCC1CCN(S(C)(=O)=O)C1)N1CCC(OCC2CCCCO2)CC1. The van der Waals surface area contributed by atoms with Gasteiger partial charge < -0.3 is 19.7 Å². The standard InChI is InChI=1S/C19H36N4O4S/c1-20-19(21-13-16-6-11-23(14-16)28(2,24)25)22-9-7-17(8-10-22)27-15-18-5-3-4-12-26-18/h16-18H,3-15H2,1-2H3,(H,20,21). The molecule has 0 aromatic heterocycles. The normalized spacial score (nSPS) is 28.6. The predicted molar refractivity (Wildman–Crippen MR) is 110 cm³/mol. The average molecular weight is 417 g/mol. The van der Waals surface area contributed by atoms with Crippen LogP contribution in [0.4, 0.5) is 0 Å². The fraction of sp³-hybridized carbons (Fsp3) is 0.947. The lowest BCUT2D eigenvalue weighted by molar-refractivity contribution is -0.0721. The predicted octanol–water partition coefficient (Wildman–Crippen LogP) is 0.893. The van der Waals surface area contributed by atoms with Crippen LogP contribution in [0.2, 0.25) is 0 Å². The van der Waals surface area contributed by atoms with E-state index < -0.39 is 10.0 Å². The number of rotatable bonds is 6. The molecule has 3 rings (SSSR count). The third-order valence-corrected chi connectivity index (χ3v) is 7.28. The molecular weight excluding hydrogens is 380 g/mol. The van der Waals surface area contributed by atoms with Gasteiger partial charge in [-0.2, -0.15) is 0 Å². The summed E-state index contributed by atoms with van der Waals surface area (Å²) in [5.41, 5.74) is 0. The van der Waals surface area contributed by atoms with Crippen molar-refractivity contribution < 1.29 is 17.9 Å². The van der Waals surface area contributed by atoms with E-state index in [4.69, 9.17) is 9.47 Å². The Kier molecular flexibility index (Phi) is 7.96. The molecule has 2 atom stereocenters. The van der Waals surface area contributed by atoms with Gasteiger partial charge >= 0.3 is 0 Å². The summed E-state index contributed by atoms with van der Waals surface area (Å²) in [4.78, 5) is 6.70. The van der Waals surface area contributed by atoms with Gasteiger partial charge in [-0.1, -0.05) is 0 Å². The van der Waals surface area contributed by atoms with Crippen LogP contribution in [0.15, 0.2) is 4.99 Å². The van der Waals surface area contributed by atoms with E-state index in [2.05, 4.69) is 15.2 Å². The van der Waals surface area contributed by atoms with Gasteiger partial charge in [0.05, 0.1) is 25.1 Å². The van der Waals surface area contributed by atoms with Crippen molar-refractivity contribution in [3.63, 3.8) is 0 Å². The van der Waals surface area contributed by atoms with Crippen LogP contribution in [-0.2, 0) is 19.5 Å². The van der Waals surface area contributed by atoms with Crippen molar-refractivity contribution in [3.05, 3.63) is 0 Å². The number of aliphatic imine (C=N–C) groups is 1. The lowest BCUT2D eigenvalue weighted by atomic mass is 10.1. The Bertz CT molecular complexity index is 613. The van der Waals surface area contributed by atoms with E-state index in [1.807, 2.05) is 7.05 Å². The summed E-state index contributed by atoms with van der Waals surface area (Å²) in [6, 6.07) is 0. The van der Waals surface area contributed by atoms with Crippen molar-refractivity contribution in [1.82, 2.24) is 14.5 Å². The van der Waals surface area contributed by atoms with Crippen LogP contribution < -0.4 is 5.32 Å². The maximum Gasteiger partial charge on any atom is 0.211 e. The lowest BCUT2D eigenvalue weighted by Crippen LogP contribution is -2.48. The second kappa shape index (κ2) is 10.2. The third-order valence-electron chi connectivity index (χ3n) is 6.01. The minimum atomic E-state index is -3.08. The molecule has 1 N–H and O–H groups in total. The van der Waals surface area contributed by atoms with Crippen molar-refractivity contribution >= 4 is 16.0 Å². The Morgan fingerprint density at radius 2 is 1.96 bits per heavy atom. The van der Waals surface area contributed by atoms with Gasteiger partial charge in [0.15, 0.2) is 5.96 Å². The topological polar surface area (TPSA) is 83.5 Å². The number of sulfonamides is 1. The molecule has 2 unspecified atom stereocenters. The molecule has 0 aromatic rings. The zero-order valence-electron chi connectivity index (χ0n) is 17.3. The van der Waals surface area contributed by atoms with Crippen LogP contribution in [0, 0.1) is 5.92 Å². The Hall–Kier alpha value is -0.900. The first-order valence-corrected chi connectivity index (χ1v) is 12.4. The van der Waals surface area contributed by atoms with Crippen LogP contribution in [0.5, 0.6) is 0 Å². The van der Waals surface area contributed by atoms with E-state index in [1.165, 1.54) is 19.1 Å². The minimum absolute atomic E-state index is 0.277. The van der Waals surface area contributed by atoms with Gasteiger partial charge in [-0.15, -0.1) is 0 Å². The minimum Gasteiger partial charge on any atom is -0.376 e. The van der Waals surface area contributed by atoms with E-state index in [-0.39, 0.29) is 6.10 Å².